The summed E-state index contributed by atoms with van der Waals surface area (Å²) >= 11 is 1.56. The van der Waals surface area contributed by atoms with Gasteiger partial charge >= 0.3 is 0 Å². The van der Waals surface area contributed by atoms with E-state index >= 15 is 0 Å². The lowest BCUT2D eigenvalue weighted by Crippen LogP contribution is -2.22. The molecular formula is C12H11N3O2S2. The molecule has 3 rings (SSSR count). The number of benzene rings is 1. The van der Waals surface area contributed by atoms with Crippen LogP contribution in [0.3, 0.4) is 0 Å². The van der Waals surface area contributed by atoms with E-state index in [4.69, 9.17) is 0 Å². The first-order valence-electron chi connectivity index (χ1n) is 5.64. The molecule has 0 aliphatic carbocycles. The van der Waals surface area contributed by atoms with E-state index in [-0.39, 0.29) is 4.90 Å². The fourth-order valence-corrected chi connectivity index (χ4v) is 3.86. The van der Waals surface area contributed by atoms with Crippen molar-refractivity contribution in [1.82, 2.24) is 9.71 Å². The topological polar surface area (TPSA) is 71.4 Å². The third-order valence-corrected chi connectivity index (χ3v) is 5.02. The van der Waals surface area contributed by atoms with Gasteiger partial charge in [-0.2, -0.15) is 0 Å². The van der Waals surface area contributed by atoms with Gasteiger partial charge in [-0.05, 0) is 19.1 Å². The molecule has 0 unspecified atom stereocenters. The summed E-state index contributed by atoms with van der Waals surface area (Å²) in [6.45, 7) is 2.35. The molecule has 1 aromatic carbocycles. The van der Waals surface area contributed by atoms with E-state index in [0.29, 0.717) is 17.9 Å². The van der Waals surface area contributed by atoms with Crippen molar-refractivity contribution in [2.45, 2.75) is 18.4 Å². The summed E-state index contributed by atoms with van der Waals surface area (Å²) in [5, 5.41) is 0.975. The van der Waals surface area contributed by atoms with E-state index < -0.39 is 10.0 Å². The Morgan fingerprint density at radius 3 is 2.89 bits per heavy atom. The monoisotopic (exact) mass is 293 g/mol. The van der Waals surface area contributed by atoms with Crippen LogP contribution < -0.4 is 4.72 Å². The summed E-state index contributed by atoms with van der Waals surface area (Å²) in [5.41, 5.74) is 0.628. The largest absolute Gasteiger partial charge is 0.263 e. The molecule has 0 radical (unpaired) electrons. The number of nitrogens with zero attached hydrogens (tertiary/aromatic N) is 2. The van der Waals surface area contributed by atoms with Gasteiger partial charge in [0.25, 0.3) is 10.0 Å². The summed E-state index contributed by atoms with van der Waals surface area (Å²) in [7, 11) is -3.45. The quantitative estimate of drug-likeness (QED) is 0.916. The summed E-state index contributed by atoms with van der Waals surface area (Å²) in [5.74, 6) is 0.404. The van der Waals surface area contributed by atoms with Gasteiger partial charge in [0, 0.05) is 16.6 Å². The van der Waals surface area contributed by atoms with Gasteiger partial charge in [-0.25, -0.2) is 13.4 Å². The van der Waals surface area contributed by atoms with Gasteiger partial charge in [-0.3, -0.25) is 9.71 Å². The van der Waals surface area contributed by atoms with Crippen molar-refractivity contribution in [3.05, 3.63) is 45.9 Å². The fourth-order valence-electron chi connectivity index (χ4n) is 1.89. The van der Waals surface area contributed by atoms with Crippen molar-refractivity contribution in [3.63, 3.8) is 0 Å². The number of sulfonamides is 1. The third-order valence-electron chi connectivity index (χ3n) is 2.72. The molecule has 1 aliphatic heterocycles. The summed E-state index contributed by atoms with van der Waals surface area (Å²) in [4.78, 5) is 9.78. The lowest BCUT2D eigenvalue weighted by molar-refractivity contribution is 0.595. The first kappa shape index (κ1) is 12.3. The standard InChI is InChI=1S/C12H11N3O2S2/c1-8-13-6-9(18-8)7-14-12-10-4-2-3-5-11(10)19(16,17)15-12/h2-6H,7H2,1H3,(H,14,15). The highest BCUT2D eigenvalue weighted by Crippen LogP contribution is 2.23. The molecule has 0 fully saturated rings. The smallest absolute Gasteiger partial charge is 0.263 e. The first-order valence-corrected chi connectivity index (χ1v) is 7.94. The van der Waals surface area contributed by atoms with Crippen LogP contribution in [0.5, 0.6) is 0 Å². The number of hydrogen-bond acceptors (Lipinski definition) is 5. The second-order valence-electron chi connectivity index (χ2n) is 4.11. The van der Waals surface area contributed by atoms with Gasteiger partial charge < -0.3 is 0 Å². The molecule has 1 N–H and O–H groups in total. The Morgan fingerprint density at radius 1 is 1.37 bits per heavy atom. The zero-order chi connectivity index (χ0) is 13.5. The van der Waals surface area contributed by atoms with Crippen molar-refractivity contribution in [1.29, 1.82) is 0 Å². The van der Waals surface area contributed by atoms with Crippen LogP contribution in [0, 0.1) is 6.92 Å². The lowest BCUT2D eigenvalue weighted by Gasteiger charge is -1.97. The average molecular weight is 293 g/mol. The highest BCUT2D eigenvalue weighted by Gasteiger charge is 2.29. The zero-order valence-electron chi connectivity index (χ0n) is 10.1. The highest BCUT2D eigenvalue weighted by atomic mass is 32.2. The van der Waals surface area contributed by atoms with Crippen LogP contribution >= 0.6 is 11.3 Å². The number of nitrogens with one attached hydrogen (secondary N) is 1. The number of aromatic nitrogens is 1. The van der Waals surface area contributed by atoms with Crippen molar-refractivity contribution in [2.75, 3.05) is 0 Å². The van der Waals surface area contributed by atoms with Crippen LogP contribution in [0.15, 0.2) is 40.4 Å². The van der Waals surface area contributed by atoms with Crippen molar-refractivity contribution in [2.24, 2.45) is 4.99 Å². The van der Waals surface area contributed by atoms with E-state index in [1.807, 2.05) is 6.92 Å². The minimum Gasteiger partial charge on any atom is -0.263 e. The molecule has 0 bridgehead atoms. The van der Waals surface area contributed by atoms with Crippen LogP contribution in [-0.4, -0.2) is 19.2 Å². The van der Waals surface area contributed by atoms with Crippen LogP contribution in [0.25, 0.3) is 0 Å². The zero-order valence-corrected chi connectivity index (χ0v) is 11.8. The summed E-state index contributed by atoms with van der Waals surface area (Å²) in [6.07, 6.45) is 1.76. The van der Waals surface area contributed by atoms with E-state index in [0.717, 1.165) is 9.88 Å². The average Bonchev–Trinajstić information content (AvgIpc) is 2.90. The number of aryl methyl sites for hydroxylation is 1. The molecule has 5 nitrogen and oxygen atoms in total. The maximum absolute atomic E-state index is 11.9. The molecular weight excluding hydrogens is 282 g/mol. The minimum absolute atomic E-state index is 0.286. The van der Waals surface area contributed by atoms with Gasteiger partial charge in [0.05, 0.1) is 16.4 Å². The Hall–Kier alpha value is -1.73. The summed E-state index contributed by atoms with van der Waals surface area (Å²) < 4.78 is 26.2. The Morgan fingerprint density at radius 2 is 2.16 bits per heavy atom. The van der Waals surface area contributed by atoms with Crippen LogP contribution in [0.4, 0.5) is 0 Å². The van der Waals surface area contributed by atoms with Crippen LogP contribution in [0.1, 0.15) is 15.4 Å². The lowest BCUT2D eigenvalue weighted by atomic mass is 10.2. The van der Waals surface area contributed by atoms with Gasteiger partial charge in [-0.1, -0.05) is 12.1 Å². The number of hydrogen-bond donors (Lipinski definition) is 1. The molecule has 0 spiro atoms. The molecule has 19 heavy (non-hydrogen) atoms. The van der Waals surface area contributed by atoms with E-state index in [1.54, 1.807) is 41.8 Å². The second kappa shape index (κ2) is 4.43. The van der Waals surface area contributed by atoms with Crippen molar-refractivity contribution < 1.29 is 8.42 Å². The van der Waals surface area contributed by atoms with Gasteiger partial charge in [-0.15, -0.1) is 11.3 Å². The SMILES string of the molecule is Cc1ncc(CN=C2NS(=O)(=O)c3ccccc32)s1. The normalized spacial score (nSPS) is 18.3. The Balaban J connectivity index is 1.95. The molecule has 0 saturated carbocycles. The van der Waals surface area contributed by atoms with E-state index in [9.17, 15) is 8.42 Å². The number of aliphatic imine (C=N–C) groups is 1. The number of thiazole rings is 1. The number of fused-ring (bicyclic) bond motifs is 1. The Labute approximate surface area is 115 Å². The molecule has 0 saturated heterocycles. The maximum atomic E-state index is 11.9. The third kappa shape index (κ3) is 2.26. The minimum atomic E-state index is -3.45. The van der Waals surface area contributed by atoms with Crippen molar-refractivity contribution >= 4 is 27.2 Å². The van der Waals surface area contributed by atoms with E-state index in [1.165, 1.54) is 0 Å². The predicted molar refractivity (Wildman–Crippen MR) is 73.9 cm³/mol. The molecule has 0 amide bonds. The van der Waals surface area contributed by atoms with Crippen molar-refractivity contribution in [3.8, 4) is 0 Å². The van der Waals surface area contributed by atoms with Gasteiger partial charge in [0.15, 0.2) is 0 Å². The highest BCUT2D eigenvalue weighted by molar-refractivity contribution is 7.90. The number of rotatable bonds is 2. The second-order valence-corrected chi connectivity index (χ2v) is 7.08. The first-order chi connectivity index (χ1) is 9.06. The Bertz CT molecular complexity index is 763. The van der Waals surface area contributed by atoms with Crippen LogP contribution in [-0.2, 0) is 16.6 Å². The van der Waals surface area contributed by atoms with Crippen LogP contribution in [0.2, 0.25) is 0 Å². The number of amidine groups is 1. The summed E-state index contributed by atoms with van der Waals surface area (Å²) in [6, 6.07) is 6.84. The Kier molecular flexibility index (Phi) is 2.87. The molecule has 2 heterocycles. The molecule has 98 valence electrons. The molecule has 7 heteroatoms. The molecule has 1 aromatic heterocycles. The van der Waals surface area contributed by atoms with Gasteiger partial charge in [0.2, 0.25) is 0 Å². The van der Waals surface area contributed by atoms with E-state index in [2.05, 4.69) is 14.7 Å². The molecule has 2 aromatic rings. The van der Waals surface area contributed by atoms with Gasteiger partial charge in [0.1, 0.15) is 5.84 Å². The predicted octanol–water partition coefficient (Wildman–Crippen LogP) is 1.69. The fraction of sp³-hybridized carbons (Fsp3) is 0.167. The molecule has 1 aliphatic rings. The maximum Gasteiger partial charge on any atom is 0.263 e. The molecule has 0 atom stereocenters.